The van der Waals surface area contributed by atoms with Crippen LogP contribution in [-0.2, 0) is 7.05 Å². The number of halogens is 1. The van der Waals surface area contributed by atoms with Crippen molar-refractivity contribution in [3.63, 3.8) is 0 Å². The Morgan fingerprint density at radius 3 is 2.80 bits per heavy atom. The third-order valence-corrected chi connectivity index (χ3v) is 1.56. The highest BCUT2D eigenvalue weighted by Gasteiger charge is 1.96. The molecule has 0 aromatic carbocycles. The zero-order chi connectivity index (χ0) is 7.56. The maximum Gasteiger partial charge on any atom is 0.0666 e. The van der Waals surface area contributed by atoms with E-state index in [0.29, 0.717) is 0 Å². The molecule has 0 saturated heterocycles. The minimum absolute atomic E-state index is 1.05. The smallest absolute Gasteiger partial charge is 0.0666 e. The zero-order valence-electron chi connectivity index (χ0n) is 6.00. The molecule has 2 nitrogen and oxygen atoms in total. The topological polar surface area (TPSA) is 17.8 Å². The van der Waals surface area contributed by atoms with Crippen molar-refractivity contribution in [1.29, 1.82) is 0 Å². The lowest BCUT2D eigenvalue weighted by Gasteiger charge is -1.81. The van der Waals surface area contributed by atoms with Crippen LogP contribution >= 0.6 is 15.9 Å². The van der Waals surface area contributed by atoms with Gasteiger partial charge in [-0.05, 0) is 18.0 Å². The van der Waals surface area contributed by atoms with E-state index in [1.54, 1.807) is 4.68 Å². The average molecular weight is 201 g/mol. The molecule has 0 aliphatic carbocycles. The highest BCUT2D eigenvalue weighted by Crippen LogP contribution is 2.07. The van der Waals surface area contributed by atoms with Crippen LogP contribution in [0.4, 0.5) is 0 Å². The molecule has 0 unspecified atom stereocenters. The van der Waals surface area contributed by atoms with Crippen LogP contribution in [0, 0.1) is 6.92 Å². The van der Waals surface area contributed by atoms with Gasteiger partial charge in [0.05, 0.1) is 5.69 Å². The Kier molecular flexibility index (Phi) is 2.27. The summed E-state index contributed by atoms with van der Waals surface area (Å²) < 4.78 is 1.80. The molecule has 1 aromatic rings. The molecule has 3 heteroatoms. The van der Waals surface area contributed by atoms with E-state index in [0.717, 1.165) is 11.3 Å². The Hall–Kier alpha value is -0.570. The molecule has 0 N–H and O–H groups in total. The van der Waals surface area contributed by atoms with Crippen LogP contribution in [0.25, 0.3) is 6.08 Å². The molecule has 0 aliphatic rings. The molecule has 0 radical (unpaired) electrons. The molecule has 0 amide bonds. The fraction of sp³-hybridized carbons (Fsp3) is 0.286. The molecule has 1 aromatic heterocycles. The van der Waals surface area contributed by atoms with E-state index < -0.39 is 0 Å². The summed E-state index contributed by atoms with van der Waals surface area (Å²) in [5.41, 5.74) is 2.21. The number of hydrogen-bond acceptors (Lipinski definition) is 1. The van der Waals surface area contributed by atoms with Gasteiger partial charge >= 0.3 is 0 Å². The number of aromatic nitrogens is 2. The van der Waals surface area contributed by atoms with Gasteiger partial charge in [0, 0.05) is 18.8 Å². The second kappa shape index (κ2) is 3.01. The molecular weight excluding hydrogens is 192 g/mol. The highest BCUT2D eigenvalue weighted by atomic mass is 79.9. The van der Waals surface area contributed by atoms with E-state index in [1.165, 1.54) is 0 Å². The molecule has 1 rings (SSSR count). The first-order valence-corrected chi connectivity index (χ1v) is 3.92. The average Bonchev–Trinajstić information content (AvgIpc) is 2.13. The third-order valence-electron chi connectivity index (χ3n) is 1.29. The van der Waals surface area contributed by atoms with Crippen LogP contribution in [0.15, 0.2) is 11.2 Å². The van der Waals surface area contributed by atoms with E-state index in [1.807, 2.05) is 31.2 Å². The second-order valence-corrected chi connectivity index (χ2v) is 2.66. The summed E-state index contributed by atoms with van der Waals surface area (Å²) in [6.07, 6.45) is 3.95. The fourth-order valence-electron chi connectivity index (χ4n) is 0.849. The second-order valence-electron chi connectivity index (χ2n) is 2.14. The van der Waals surface area contributed by atoms with Crippen molar-refractivity contribution < 1.29 is 0 Å². The van der Waals surface area contributed by atoms with Gasteiger partial charge in [-0.15, -0.1) is 0 Å². The van der Waals surface area contributed by atoms with Crippen LogP contribution in [0.1, 0.15) is 11.3 Å². The van der Waals surface area contributed by atoms with Gasteiger partial charge in [0.15, 0.2) is 0 Å². The minimum atomic E-state index is 1.05. The van der Waals surface area contributed by atoms with E-state index >= 15 is 0 Å². The largest absolute Gasteiger partial charge is 0.275 e. The van der Waals surface area contributed by atoms with Crippen LogP contribution < -0.4 is 0 Å². The van der Waals surface area contributed by atoms with Gasteiger partial charge in [-0.3, -0.25) is 4.68 Å². The van der Waals surface area contributed by atoms with Gasteiger partial charge in [-0.2, -0.15) is 5.10 Å². The van der Waals surface area contributed by atoms with Crippen molar-refractivity contribution in [2.45, 2.75) is 6.92 Å². The molecular formula is C7H9BrN2. The lowest BCUT2D eigenvalue weighted by Crippen LogP contribution is -1.86. The summed E-state index contributed by atoms with van der Waals surface area (Å²) in [4.78, 5) is 1.83. The van der Waals surface area contributed by atoms with Crippen molar-refractivity contribution in [2.24, 2.45) is 7.05 Å². The molecule has 0 bridgehead atoms. The quantitative estimate of drug-likeness (QED) is 0.680. The molecule has 54 valence electrons. The number of nitrogens with zero attached hydrogens (tertiary/aromatic N) is 2. The predicted octanol–water partition coefficient (Wildman–Crippen LogP) is 2.09. The first kappa shape index (κ1) is 7.54. The molecule has 0 fully saturated rings. The van der Waals surface area contributed by atoms with E-state index in [9.17, 15) is 0 Å². The standard InChI is InChI=1S/C7H9BrN2/c1-6-7(3-4-8)5-10(2)9-6/h3-5H,1-2H3/b4-3+. The van der Waals surface area contributed by atoms with Crippen molar-refractivity contribution in [1.82, 2.24) is 9.78 Å². The summed E-state index contributed by atoms with van der Waals surface area (Å²) >= 11 is 3.21. The Bertz CT molecular complexity index is 250. The van der Waals surface area contributed by atoms with Crippen molar-refractivity contribution in [3.8, 4) is 0 Å². The van der Waals surface area contributed by atoms with E-state index in [-0.39, 0.29) is 0 Å². The van der Waals surface area contributed by atoms with E-state index in [2.05, 4.69) is 21.0 Å². The van der Waals surface area contributed by atoms with Gasteiger partial charge in [0.25, 0.3) is 0 Å². The van der Waals surface area contributed by atoms with Gasteiger partial charge < -0.3 is 0 Å². The normalized spacial score (nSPS) is 11.1. The summed E-state index contributed by atoms with van der Waals surface area (Å²) in [5, 5.41) is 4.17. The summed E-state index contributed by atoms with van der Waals surface area (Å²) in [6.45, 7) is 1.99. The summed E-state index contributed by atoms with van der Waals surface area (Å²) in [7, 11) is 1.92. The van der Waals surface area contributed by atoms with Crippen LogP contribution in [0.3, 0.4) is 0 Å². The minimum Gasteiger partial charge on any atom is -0.275 e. The molecule has 0 atom stereocenters. The van der Waals surface area contributed by atoms with Gasteiger partial charge in [0.1, 0.15) is 0 Å². The van der Waals surface area contributed by atoms with Crippen molar-refractivity contribution in [3.05, 3.63) is 22.4 Å². The maximum atomic E-state index is 4.17. The Labute approximate surface area is 68.7 Å². The van der Waals surface area contributed by atoms with Gasteiger partial charge in [-0.25, -0.2) is 0 Å². The number of rotatable bonds is 1. The predicted molar refractivity (Wildman–Crippen MR) is 45.9 cm³/mol. The molecule has 0 saturated carbocycles. The Morgan fingerprint density at radius 1 is 1.70 bits per heavy atom. The Morgan fingerprint density at radius 2 is 2.40 bits per heavy atom. The third kappa shape index (κ3) is 1.48. The van der Waals surface area contributed by atoms with Crippen molar-refractivity contribution >= 4 is 22.0 Å². The maximum absolute atomic E-state index is 4.17. The molecule has 1 heterocycles. The van der Waals surface area contributed by atoms with Crippen molar-refractivity contribution in [2.75, 3.05) is 0 Å². The highest BCUT2D eigenvalue weighted by molar-refractivity contribution is 9.11. The lowest BCUT2D eigenvalue weighted by molar-refractivity contribution is 0.756. The Balaban J connectivity index is 3.03. The lowest BCUT2D eigenvalue weighted by atomic mass is 10.3. The zero-order valence-corrected chi connectivity index (χ0v) is 7.59. The van der Waals surface area contributed by atoms with Gasteiger partial charge in [-0.1, -0.05) is 15.9 Å². The first-order valence-electron chi connectivity index (χ1n) is 3.01. The molecule has 10 heavy (non-hydrogen) atoms. The number of aryl methyl sites for hydroxylation is 2. The number of hydrogen-bond donors (Lipinski definition) is 0. The monoisotopic (exact) mass is 200 g/mol. The molecule has 0 spiro atoms. The summed E-state index contributed by atoms with van der Waals surface area (Å²) in [6, 6.07) is 0. The van der Waals surface area contributed by atoms with E-state index in [4.69, 9.17) is 0 Å². The van der Waals surface area contributed by atoms with Crippen LogP contribution in [0.2, 0.25) is 0 Å². The van der Waals surface area contributed by atoms with Gasteiger partial charge in [0.2, 0.25) is 0 Å². The SMILES string of the molecule is Cc1nn(C)cc1/C=C/Br. The van der Waals surface area contributed by atoms with Crippen LogP contribution in [0.5, 0.6) is 0 Å². The van der Waals surface area contributed by atoms with Crippen LogP contribution in [-0.4, -0.2) is 9.78 Å². The first-order chi connectivity index (χ1) is 4.74. The summed E-state index contributed by atoms with van der Waals surface area (Å²) in [5.74, 6) is 0. The fourth-order valence-corrected chi connectivity index (χ4v) is 1.13. The molecule has 0 aliphatic heterocycles.